The van der Waals surface area contributed by atoms with E-state index in [1.807, 2.05) is 6.07 Å². The van der Waals surface area contributed by atoms with E-state index < -0.39 is 36.4 Å². The van der Waals surface area contributed by atoms with E-state index >= 15 is 0 Å². The van der Waals surface area contributed by atoms with Crippen molar-refractivity contribution in [2.45, 2.75) is 77.4 Å². The number of esters is 3. The Morgan fingerprint density at radius 3 is 2.57 bits per heavy atom. The molecule has 0 bridgehead atoms. The molecule has 3 aliphatic rings. The Hall–Kier alpha value is -3.27. The Bertz CT molecular complexity index is 1070. The summed E-state index contributed by atoms with van der Waals surface area (Å²) < 4.78 is 27.4. The number of piperidine rings is 1. The van der Waals surface area contributed by atoms with Crippen LogP contribution in [0, 0.1) is 5.92 Å². The molecule has 0 saturated carbocycles. The van der Waals surface area contributed by atoms with Gasteiger partial charge in [0.1, 0.15) is 0 Å². The zero-order valence-corrected chi connectivity index (χ0v) is 21.7. The minimum Gasteiger partial charge on any atom is -0.504 e. The zero-order chi connectivity index (χ0) is 26.7. The summed E-state index contributed by atoms with van der Waals surface area (Å²) in [5.41, 5.74) is 1.93. The molecule has 1 N–H and O–H groups in total. The standard InChI is InChI=1S/C27H35NO9/c1-5-10-28-11-6-7-18-12-19-17(13-20(18)28)8-9-21(31)24(19)37-27-25(35-16(3)30)22(34-15(2)29)14-23(36-27)26(32)33-4/h8-9,14,18,20,22,25,27,31H,5-7,10-13H2,1-4H3/t18-,20-,22+,25-,27+/m1/s1. The van der Waals surface area contributed by atoms with E-state index in [-0.39, 0.29) is 17.3 Å². The van der Waals surface area contributed by atoms with Gasteiger partial charge in [0, 0.05) is 31.5 Å². The van der Waals surface area contributed by atoms with Crippen molar-refractivity contribution in [1.29, 1.82) is 0 Å². The Labute approximate surface area is 216 Å². The number of fused-ring (bicyclic) bond motifs is 2. The molecule has 0 aromatic heterocycles. The Balaban J connectivity index is 1.68. The molecule has 10 nitrogen and oxygen atoms in total. The van der Waals surface area contributed by atoms with Crippen molar-refractivity contribution >= 4 is 17.9 Å². The first-order chi connectivity index (χ1) is 17.7. The lowest BCUT2D eigenvalue weighted by atomic mass is 9.75. The predicted octanol–water partition coefficient (Wildman–Crippen LogP) is 2.64. The van der Waals surface area contributed by atoms with Crippen LogP contribution in [-0.4, -0.2) is 72.7 Å². The third-order valence-electron chi connectivity index (χ3n) is 7.15. The van der Waals surface area contributed by atoms with Crippen LogP contribution >= 0.6 is 0 Å². The number of phenols is 1. The maximum absolute atomic E-state index is 12.3. The van der Waals surface area contributed by atoms with E-state index in [1.165, 1.54) is 27.0 Å². The van der Waals surface area contributed by atoms with Gasteiger partial charge < -0.3 is 28.8 Å². The summed E-state index contributed by atoms with van der Waals surface area (Å²) in [6.45, 7) is 6.73. The molecule has 1 fully saturated rings. The fourth-order valence-electron chi connectivity index (χ4n) is 5.66. The lowest BCUT2D eigenvalue weighted by Crippen LogP contribution is -2.50. The number of nitrogens with zero attached hydrogens (tertiary/aromatic N) is 1. The fourth-order valence-corrected chi connectivity index (χ4v) is 5.66. The van der Waals surface area contributed by atoms with Gasteiger partial charge in [-0.25, -0.2) is 4.79 Å². The predicted molar refractivity (Wildman–Crippen MR) is 131 cm³/mol. The fraction of sp³-hybridized carbons (Fsp3) is 0.593. The molecule has 2 aliphatic heterocycles. The molecule has 202 valence electrons. The second-order valence-electron chi connectivity index (χ2n) is 9.74. The van der Waals surface area contributed by atoms with Gasteiger partial charge in [0.2, 0.25) is 11.9 Å². The van der Waals surface area contributed by atoms with Crippen molar-refractivity contribution in [1.82, 2.24) is 4.90 Å². The summed E-state index contributed by atoms with van der Waals surface area (Å²) in [6.07, 6.45) is 2.28. The van der Waals surface area contributed by atoms with E-state index in [0.29, 0.717) is 18.4 Å². The molecular weight excluding hydrogens is 482 g/mol. The van der Waals surface area contributed by atoms with Crippen LogP contribution in [0.5, 0.6) is 11.5 Å². The Kier molecular flexibility index (Phi) is 8.26. The summed E-state index contributed by atoms with van der Waals surface area (Å²) in [4.78, 5) is 38.5. The van der Waals surface area contributed by atoms with E-state index in [9.17, 15) is 19.5 Å². The molecule has 0 radical (unpaired) electrons. The number of rotatable bonds is 7. The molecular formula is C27H35NO9. The van der Waals surface area contributed by atoms with Crippen molar-refractivity contribution in [2.24, 2.45) is 5.92 Å². The van der Waals surface area contributed by atoms with Crippen LogP contribution in [0.3, 0.4) is 0 Å². The van der Waals surface area contributed by atoms with Crippen molar-refractivity contribution in [3.05, 3.63) is 35.1 Å². The van der Waals surface area contributed by atoms with Crippen LogP contribution in [0.2, 0.25) is 0 Å². The molecule has 1 aromatic rings. The summed E-state index contributed by atoms with van der Waals surface area (Å²) in [5, 5.41) is 10.8. The number of benzene rings is 1. The number of phenolic OH excluding ortho intramolecular Hbond substituents is 1. The second-order valence-corrected chi connectivity index (χ2v) is 9.74. The minimum atomic E-state index is -1.38. The lowest BCUT2D eigenvalue weighted by Gasteiger charge is -2.45. The maximum Gasteiger partial charge on any atom is 0.373 e. The molecule has 1 saturated heterocycles. The number of ether oxygens (including phenoxy) is 5. The highest BCUT2D eigenvalue weighted by atomic mass is 16.7. The highest BCUT2D eigenvalue weighted by Crippen LogP contribution is 2.43. The molecule has 2 heterocycles. The normalized spacial score (nSPS) is 27.0. The van der Waals surface area contributed by atoms with Crippen LogP contribution in [0.15, 0.2) is 24.0 Å². The summed E-state index contributed by atoms with van der Waals surface area (Å²) in [5.74, 6) is -1.85. The van der Waals surface area contributed by atoms with E-state index in [4.69, 9.17) is 23.7 Å². The number of carbonyl (C=O) groups excluding carboxylic acids is 3. The third-order valence-corrected chi connectivity index (χ3v) is 7.15. The zero-order valence-electron chi connectivity index (χ0n) is 21.7. The number of methoxy groups -OCH3 is 1. The number of aromatic hydroxyl groups is 1. The molecule has 0 amide bonds. The summed E-state index contributed by atoms with van der Waals surface area (Å²) in [6, 6.07) is 3.92. The van der Waals surface area contributed by atoms with Gasteiger partial charge in [-0.15, -0.1) is 0 Å². The van der Waals surface area contributed by atoms with Crippen LogP contribution in [0.25, 0.3) is 0 Å². The van der Waals surface area contributed by atoms with E-state index in [1.54, 1.807) is 6.07 Å². The molecule has 1 aromatic carbocycles. The van der Waals surface area contributed by atoms with Gasteiger partial charge in [-0.2, -0.15) is 0 Å². The topological polar surface area (TPSA) is 121 Å². The molecule has 4 rings (SSSR count). The summed E-state index contributed by atoms with van der Waals surface area (Å²) in [7, 11) is 1.18. The van der Waals surface area contributed by atoms with Gasteiger partial charge in [-0.3, -0.25) is 14.5 Å². The molecule has 0 unspecified atom stereocenters. The van der Waals surface area contributed by atoms with Gasteiger partial charge in [0.25, 0.3) is 6.29 Å². The third kappa shape index (κ3) is 5.84. The van der Waals surface area contributed by atoms with Crippen LogP contribution in [-0.2, 0) is 46.2 Å². The van der Waals surface area contributed by atoms with E-state index in [2.05, 4.69) is 11.8 Å². The first kappa shape index (κ1) is 26.8. The molecule has 5 atom stereocenters. The van der Waals surface area contributed by atoms with Gasteiger partial charge in [-0.05, 0) is 62.7 Å². The van der Waals surface area contributed by atoms with Crippen LogP contribution < -0.4 is 4.74 Å². The molecule has 0 spiro atoms. The van der Waals surface area contributed by atoms with Gasteiger partial charge >= 0.3 is 17.9 Å². The number of hydrogen-bond donors (Lipinski definition) is 1. The molecule has 37 heavy (non-hydrogen) atoms. The van der Waals surface area contributed by atoms with Crippen molar-refractivity contribution in [3.63, 3.8) is 0 Å². The average Bonchev–Trinajstić information content (AvgIpc) is 2.85. The van der Waals surface area contributed by atoms with Crippen molar-refractivity contribution in [3.8, 4) is 11.5 Å². The number of likely N-dealkylation sites (tertiary alicyclic amines) is 1. The highest BCUT2D eigenvalue weighted by Gasteiger charge is 2.44. The quantitative estimate of drug-likeness (QED) is 0.427. The van der Waals surface area contributed by atoms with Crippen LogP contribution in [0.4, 0.5) is 0 Å². The highest BCUT2D eigenvalue weighted by molar-refractivity contribution is 5.86. The van der Waals surface area contributed by atoms with Crippen LogP contribution in [0.1, 0.15) is 51.2 Å². The van der Waals surface area contributed by atoms with Gasteiger partial charge in [-0.1, -0.05) is 13.0 Å². The number of carbonyl (C=O) groups is 3. The Morgan fingerprint density at radius 1 is 1.14 bits per heavy atom. The van der Waals surface area contributed by atoms with Crippen molar-refractivity contribution < 1.29 is 43.2 Å². The van der Waals surface area contributed by atoms with Crippen molar-refractivity contribution in [2.75, 3.05) is 20.2 Å². The average molecular weight is 518 g/mol. The molecule has 1 aliphatic carbocycles. The lowest BCUT2D eigenvalue weighted by molar-refractivity contribution is -0.203. The van der Waals surface area contributed by atoms with E-state index in [0.717, 1.165) is 49.9 Å². The monoisotopic (exact) mass is 517 g/mol. The largest absolute Gasteiger partial charge is 0.504 e. The van der Waals surface area contributed by atoms with Gasteiger partial charge in [0.15, 0.2) is 17.6 Å². The maximum atomic E-state index is 12.3. The first-order valence-electron chi connectivity index (χ1n) is 12.8. The minimum absolute atomic E-state index is 0.0955. The summed E-state index contributed by atoms with van der Waals surface area (Å²) >= 11 is 0. The molecule has 10 heteroatoms. The SMILES string of the molecule is CCCN1CCC[C@@H]2Cc3c(ccc(O)c3O[C@@H]3OC(C(=O)OC)=C[C@H](OC(C)=O)[C@H]3OC(C)=O)C[C@H]21. The van der Waals surface area contributed by atoms with Gasteiger partial charge in [0.05, 0.1) is 7.11 Å². The first-order valence-corrected chi connectivity index (χ1v) is 12.8. The Morgan fingerprint density at radius 2 is 1.89 bits per heavy atom. The smallest absolute Gasteiger partial charge is 0.373 e. The second kappa shape index (κ2) is 11.4. The number of hydrogen-bond acceptors (Lipinski definition) is 10.